The van der Waals surface area contributed by atoms with Crippen molar-refractivity contribution in [1.29, 1.82) is 0 Å². The van der Waals surface area contributed by atoms with Crippen molar-refractivity contribution >= 4 is 5.96 Å². The molecule has 0 radical (unpaired) electrons. The highest BCUT2D eigenvalue weighted by atomic mass is 15.2. The van der Waals surface area contributed by atoms with Gasteiger partial charge in [-0.2, -0.15) is 0 Å². The van der Waals surface area contributed by atoms with Gasteiger partial charge in [-0.3, -0.25) is 9.89 Å². The Labute approximate surface area is 176 Å². The van der Waals surface area contributed by atoms with Gasteiger partial charge in [-0.05, 0) is 70.0 Å². The average Bonchev–Trinajstić information content (AvgIpc) is 3.60. The summed E-state index contributed by atoms with van der Waals surface area (Å²) in [5.41, 5.74) is 2.78. The van der Waals surface area contributed by atoms with Crippen molar-refractivity contribution in [2.75, 3.05) is 39.8 Å². The van der Waals surface area contributed by atoms with Crippen molar-refractivity contribution in [3.63, 3.8) is 0 Å². The van der Waals surface area contributed by atoms with Gasteiger partial charge < -0.3 is 15.5 Å². The van der Waals surface area contributed by atoms with E-state index in [2.05, 4.69) is 56.6 Å². The van der Waals surface area contributed by atoms with Crippen molar-refractivity contribution in [2.45, 2.75) is 64.1 Å². The number of nitrogens with one attached hydrogen (secondary N) is 2. The zero-order valence-electron chi connectivity index (χ0n) is 18.4. The van der Waals surface area contributed by atoms with Gasteiger partial charge in [0.15, 0.2) is 5.96 Å². The molecule has 1 saturated carbocycles. The van der Waals surface area contributed by atoms with E-state index in [1.807, 2.05) is 7.05 Å². The maximum atomic E-state index is 4.48. The van der Waals surface area contributed by atoms with E-state index in [4.69, 9.17) is 0 Å². The highest BCUT2D eigenvalue weighted by Crippen LogP contribution is 2.29. The summed E-state index contributed by atoms with van der Waals surface area (Å²) in [7, 11) is 1.90. The van der Waals surface area contributed by atoms with E-state index < -0.39 is 0 Å². The van der Waals surface area contributed by atoms with E-state index in [1.165, 1.54) is 75.8 Å². The van der Waals surface area contributed by atoms with Gasteiger partial charge >= 0.3 is 0 Å². The molecule has 1 aromatic carbocycles. The zero-order valence-corrected chi connectivity index (χ0v) is 18.4. The van der Waals surface area contributed by atoms with Gasteiger partial charge in [0.05, 0.1) is 0 Å². The van der Waals surface area contributed by atoms with Gasteiger partial charge in [0, 0.05) is 45.3 Å². The highest BCUT2D eigenvalue weighted by molar-refractivity contribution is 5.79. The molecule has 5 heteroatoms. The summed E-state index contributed by atoms with van der Waals surface area (Å²) >= 11 is 0. The second-order valence-corrected chi connectivity index (χ2v) is 9.34. The third-order valence-electron chi connectivity index (χ3n) is 6.95. The summed E-state index contributed by atoms with van der Waals surface area (Å²) in [6.45, 7) is 9.18. The molecule has 2 aliphatic heterocycles. The van der Waals surface area contributed by atoms with Gasteiger partial charge in [0.25, 0.3) is 0 Å². The second-order valence-electron chi connectivity index (χ2n) is 9.34. The summed E-state index contributed by atoms with van der Waals surface area (Å²) in [6, 6.07) is 10.5. The Bertz CT molecular complexity index is 650. The molecule has 0 atom stereocenters. The predicted octanol–water partition coefficient (Wildman–Crippen LogP) is 3.00. The minimum absolute atomic E-state index is 0.576. The normalized spacial score (nSPS) is 23.3. The predicted molar refractivity (Wildman–Crippen MR) is 121 cm³/mol. The molecule has 0 unspecified atom stereocenters. The van der Waals surface area contributed by atoms with Gasteiger partial charge in [-0.25, -0.2) is 0 Å². The molecule has 3 aliphatic rings. The van der Waals surface area contributed by atoms with Crippen molar-refractivity contribution in [3.8, 4) is 0 Å². The van der Waals surface area contributed by atoms with Crippen LogP contribution in [-0.4, -0.2) is 67.6 Å². The Balaban J connectivity index is 1.13. The lowest BCUT2D eigenvalue weighted by Crippen LogP contribution is -2.50. The number of rotatable bonds is 6. The molecular formula is C24H39N5. The molecule has 1 aromatic rings. The SMILES string of the molecule is CN=C(NCC1CCN(Cc2ccc(C)cc2)CC1)NC1CCN(C2CC2)CC1. The third-order valence-corrected chi connectivity index (χ3v) is 6.95. The fourth-order valence-electron chi connectivity index (χ4n) is 4.78. The largest absolute Gasteiger partial charge is 0.356 e. The first-order valence-electron chi connectivity index (χ1n) is 11.7. The van der Waals surface area contributed by atoms with Gasteiger partial charge in [0.1, 0.15) is 0 Å². The quantitative estimate of drug-likeness (QED) is 0.572. The van der Waals surface area contributed by atoms with Crippen LogP contribution in [0.15, 0.2) is 29.3 Å². The third kappa shape index (κ3) is 6.19. The van der Waals surface area contributed by atoms with Crippen LogP contribution in [0, 0.1) is 12.8 Å². The Morgan fingerprint density at radius 3 is 2.28 bits per heavy atom. The van der Waals surface area contributed by atoms with Gasteiger partial charge in [-0.15, -0.1) is 0 Å². The molecule has 3 fully saturated rings. The lowest BCUT2D eigenvalue weighted by atomic mass is 9.96. The van der Waals surface area contributed by atoms with E-state index in [0.29, 0.717) is 6.04 Å². The summed E-state index contributed by atoms with van der Waals surface area (Å²) < 4.78 is 0. The number of guanidine groups is 1. The summed E-state index contributed by atoms with van der Waals surface area (Å²) in [5, 5.41) is 7.28. The maximum absolute atomic E-state index is 4.48. The van der Waals surface area contributed by atoms with Gasteiger partial charge in [-0.1, -0.05) is 29.8 Å². The summed E-state index contributed by atoms with van der Waals surface area (Å²) in [5.74, 6) is 1.75. The van der Waals surface area contributed by atoms with E-state index >= 15 is 0 Å². The molecule has 2 saturated heterocycles. The molecular weight excluding hydrogens is 358 g/mol. The maximum Gasteiger partial charge on any atom is 0.191 e. The topological polar surface area (TPSA) is 42.9 Å². The molecule has 1 aliphatic carbocycles. The van der Waals surface area contributed by atoms with Crippen LogP contribution in [0.25, 0.3) is 0 Å². The number of nitrogens with zero attached hydrogens (tertiary/aromatic N) is 3. The molecule has 160 valence electrons. The monoisotopic (exact) mass is 397 g/mol. The van der Waals surface area contributed by atoms with Crippen LogP contribution < -0.4 is 10.6 Å². The Morgan fingerprint density at radius 2 is 1.66 bits per heavy atom. The first kappa shape index (κ1) is 20.7. The van der Waals surface area contributed by atoms with Crippen LogP contribution in [0.1, 0.15) is 49.7 Å². The van der Waals surface area contributed by atoms with E-state index in [9.17, 15) is 0 Å². The van der Waals surface area contributed by atoms with Crippen molar-refractivity contribution in [2.24, 2.45) is 10.9 Å². The lowest BCUT2D eigenvalue weighted by molar-refractivity contribution is 0.177. The number of hydrogen-bond donors (Lipinski definition) is 2. The molecule has 29 heavy (non-hydrogen) atoms. The van der Waals surface area contributed by atoms with E-state index in [0.717, 1.165) is 31.0 Å². The molecule has 5 nitrogen and oxygen atoms in total. The first-order chi connectivity index (χ1) is 14.2. The van der Waals surface area contributed by atoms with Crippen LogP contribution in [0.4, 0.5) is 0 Å². The lowest BCUT2D eigenvalue weighted by Gasteiger charge is -2.34. The highest BCUT2D eigenvalue weighted by Gasteiger charge is 2.32. The van der Waals surface area contributed by atoms with Crippen molar-refractivity contribution < 1.29 is 0 Å². The minimum atomic E-state index is 0.576. The Morgan fingerprint density at radius 1 is 0.966 bits per heavy atom. The molecule has 0 amide bonds. The van der Waals surface area contributed by atoms with Crippen molar-refractivity contribution in [3.05, 3.63) is 35.4 Å². The summed E-state index contributed by atoms with van der Waals surface area (Å²) in [4.78, 5) is 9.76. The molecule has 2 N–H and O–H groups in total. The number of aliphatic imine (C=N–C) groups is 1. The minimum Gasteiger partial charge on any atom is -0.356 e. The number of hydrogen-bond acceptors (Lipinski definition) is 3. The molecule has 4 rings (SSSR count). The molecule has 0 spiro atoms. The van der Waals surface area contributed by atoms with Crippen LogP contribution in [0.3, 0.4) is 0 Å². The first-order valence-corrected chi connectivity index (χ1v) is 11.7. The number of benzene rings is 1. The standard InChI is InChI=1S/C24H39N5/c1-19-3-5-21(6-4-19)18-28-13-9-20(10-14-28)17-26-24(25-2)27-22-11-15-29(16-12-22)23-7-8-23/h3-6,20,22-23H,7-18H2,1-2H3,(H2,25,26,27). The molecule has 0 aromatic heterocycles. The van der Waals surface area contributed by atoms with E-state index in [-0.39, 0.29) is 0 Å². The fourth-order valence-corrected chi connectivity index (χ4v) is 4.78. The van der Waals surface area contributed by atoms with Crippen LogP contribution in [0.5, 0.6) is 0 Å². The smallest absolute Gasteiger partial charge is 0.191 e. The Hall–Kier alpha value is -1.59. The van der Waals surface area contributed by atoms with Crippen LogP contribution in [-0.2, 0) is 6.54 Å². The second kappa shape index (κ2) is 9.94. The summed E-state index contributed by atoms with van der Waals surface area (Å²) in [6.07, 6.45) is 7.88. The zero-order chi connectivity index (χ0) is 20.1. The van der Waals surface area contributed by atoms with Crippen molar-refractivity contribution in [1.82, 2.24) is 20.4 Å². The fraction of sp³-hybridized carbons (Fsp3) is 0.708. The van der Waals surface area contributed by atoms with E-state index in [1.54, 1.807) is 0 Å². The Kier molecular flexibility index (Phi) is 7.09. The number of likely N-dealkylation sites (tertiary alicyclic amines) is 2. The number of piperidine rings is 2. The number of aryl methyl sites for hydroxylation is 1. The van der Waals surface area contributed by atoms with Crippen LogP contribution in [0.2, 0.25) is 0 Å². The van der Waals surface area contributed by atoms with Crippen LogP contribution >= 0.6 is 0 Å². The van der Waals surface area contributed by atoms with Gasteiger partial charge in [0.2, 0.25) is 0 Å². The average molecular weight is 398 g/mol. The molecule has 0 bridgehead atoms. The molecule has 2 heterocycles.